The molecule has 13 heteroatoms. The van der Waals surface area contributed by atoms with E-state index in [2.05, 4.69) is 42.3 Å². The van der Waals surface area contributed by atoms with Gasteiger partial charge in [0.25, 0.3) is 0 Å². The number of urea groups is 1. The van der Waals surface area contributed by atoms with Gasteiger partial charge in [-0.15, -0.1) is 0 Å². The number of aromatic nitrogens is 2. The van der Waals surface area contributed by atoms with E-state index in [4.69, 9.17) is 27.9 Å². The molecule has 2 aromatic heterocycles. The third-order valence-electron chi connectivity index (χ3n) is 7.18. The van der Waals surface area contributed by atoms with Crippen LogP contribution in [-0.2, 0) is 11.4 Å². The predicted octanol–water partition coefficient (Wildman–Crippen LogP) is 3.90. The lowest BCUT2D eigenvalue weighted by atomic mass is 10.2. The molecule has 0 atom stereocenters. The van der Waals surface area contributed by atoms with E-state index >= 15 is 0 Å². The number of pyridine rings is 2. The number of nitrogens with one attached hydrogen (secondary N) is 2. The Kier molecular flexibility index (Phi) is 9.96. The van der Waals surface area contributed by atoms with Gasteiger partial charge in [0.05, 0.1) is 6.54 Å². The van der Waals surface area contributed by atoms with Crippen molar-refractivity contribution in [3.8, 4) is 5.75 Å². The summed E-state index contributed by atoms with van der Waals surface area (Å²) in [6, 6.07) is 12.1. The first kappa shape index (κ1) is 29.8. The highest BCUT2D eigenvalue weighted by molar-refractivity contribution is 6.35. The molecule has 3 aromatic rings. The van der Waals surface area contributed by atoms with Crippen molar-refractivity contribution in [2.24, 2.45) is 0 Å². The van der Waals surface area contributed by atoms with Gasteiger partial charge in [-0.25, -0.2) is 14.8 Å². The van der Waals surface area contributed by atoms with E-state index in [1.807, 2.05) is 24.3 Å². The third-order valence-corrected chi connectivity index (χ3v) is 7.62. The average Bonchev–Trinajstić information content (AvgIpc) is 2.97. The zero-order valence-corrected chi connectivity index (χ0v) is 24.9. The van der Waals surface area contributed by atoms with E-state index in [1.165, 1.54) is 0 Å². The highest BCUT2D eigenvalue weighted by Crippen LogP contribution is 2.28. The molecule has 5 rings (SSSR count). The number of piperazine rings is 2. The first-order valence-corrected chi connectivity index (χ1v) is 14.6. The van der Waals surface area contributed by atoms with Crippen molar-refractivity contribution in [3.05, 3.63) is 70.5 Å². The van der Waals surface area contributed by atoms with Crippen molar-refractivity contribution in [1.29, 1.82) is 0 Å². The summed E-state index contributed by atoms with van der Waals surface area (Å²) in [5.41, 5.74) is 1.42. The summed E-state index contributed by atoms with van der Waals surface area (Å²) in [7, 11) is 2.09. The molecule has 0 saturated carbocycles. The number of hydrogen-bond donors (Lipinski definition) is 2. The molecule has 222 valence electrons. The van der Waals surface area contributed by atoms with Crippen molar-refractivity contribution < 1.29 is 14.3 Å². The molecule has 2 saturated heterocycles. The van der Waals surface area contributed by atoms with Crippen LogP contribution >= 0.6 is 23.2 Å². The number of benzene rings is 1. The highest BCUT2D eigenvalue weighted by atomic mass is 35.5. The summed E-state index contributed by atoms with van der Waals surface area (Å²) < 4.78 is 6.17. The van der Waals surface area contributed by atoms with Crippen LogP contribution in [0.25, 0.3) is 0 Å². The minimum absolute atomic E-state index is 0.0798. The Morgan fingerprint density at radius 2 is 1.62 bits per heavy atom. The SMILES string of the molecule is CN1CCN(CC(=O)Nc2cc(COc3cccnc3N3CCN(C(=O)Nc4cc(Cl)cc(Cl)c4)CC3)ccn2)CC1. The highest BCUT2D eigenvalue weighted by Gasteiger charge is 2.24. The summed E-state index contributed by atoms with van der Waals surface area (Å²) in [4.78, 5) is 42.5. The van der Waals surface area contributed by atoms with E-state index in [0.29, 0.717) is 65.8 Å². The number of halogens is 2. The van der Waals surface area contributed by atoms with E-state index in [9.17, 15) is 9.59 Å². The maximum Gasteiger partial charge on any atom is 0.321 e. The van der Waals surface area contributed by atoms with Crippen molar-refractivity contribution in [3.63, 3.8) is 0 Å². The molecule has 3 amide bonds. The third kappa shape index (κ3) is 8.22. The lowest BCUT2D eigenvalue weighted by Crippen LogP contribution is -2.50. The number of ether oxygens (including phenoxy) is 1. The topological polar surface area (TPSA) is 106 Å². The van der Waals surface area contributed by atoms with Crippen LogP contribution in [0.15, 0.2) is 54.9 Å². The Hall–Kier alpha value is -3.64. The number of hydrogen-bond acceptors (Lipinski definition) is 8. The van der Waals surface area contributed by atoms with Crippen molar-refractivity contribution in [2.75, 3.05) is 81.5 Å². The molecule has 0 aliphatic carbocycles. The Bertz CT molecular complexity index is 1370. The molecule has 0 unspecified atom stereocenters. The van der Waals surface area contributed by atoms with Crippen LogP contribution in [0.5, 0.6) is 5.75 Å². The second-order valence-corrected chi connectivity index (χ2v) is 11.2. The Balaban J connectivity index is 1.13. The van der Waals surface area contributed by atoms with Gasteiger partial charge in [0.2, 0.25) is 5.91 Å². The number of rotatable bonds is 8. The molecular formula is C29H34Cl2N8O3. The molecule has 0 spiro atoms. The van der Waals surface area contributed by atoms with Crippen LogP contribution < -0.4 is 20.3 Å². The zero-order valence-electron chi connectivity index (χ0n) is 23.4. The van der Waals surface area contributed by atoms with Gasteiger partial charge in [-0.1, -0.05) is 23.2 Å². The summed E-state index contributed by atoms with van der Waals surface area (Å²) in [6.45, 7) is 6.50. The lowest BCUT2D eigenvalue weighted by molar-refractivity contribution is -0.117. The Morgan fingerprint density at radius 3 is 2.36 bits per heavy atom. The molecule has 1 aromatic carbocycles. The molecule has 4 heterocycles. The van der Waals surface area contributed by atoms with Crippen molar-refractivity contribution >= 4 is 52.5 Å². The monoisotopic (exact) mass is 612 g/mol. The maximum absolute atomic E-state index is 12.8. The molecule has 2 aliphatic rings. The standard InChI is InChI=1S/C29H34Cl2N8O3/c1-36-7-9-37(10-8-36)19-27(40)35-26-15-21(4-6-32-26)20-42-25-3-2-5-33-28(25)38-11-13-39(14-12-38)29(41)34-24-17-22(30)16-23(31)18-24/h2-6,15-18H,7-14,19-20H2,1H3,(H,34,41)(H,32,35,40). The van der Waals surface area contributed by atoms with Crippen LogP contribution in [-0.4, -0.2) is 103 Å². The minimum atomic E-state index is -0.213. The maximum atomic E-state index is 12.8. The lowest BCUT2D eigenvalue weighted by Gasteiger charge is -2.35. The van der Waals surface area contributed by atoms with Crippen LogP contribution in [0.2, 0.25) is 10.0 Å². The fraction of sp³-hybridized carbons (Fsp3) is 0.379. The van der Waals surface area contributed by atoms with Gasteiger partial charge in [-0.3, -0.25) is 9.69 Å². The Morgan fingerprint density at radius 1 is 0.881 bits per heavy atom. The van der Waals surface area contributed by atoms with Crippen molar-refractivity contribution in [2.45, 2.75) is 6.61 Å². The number of carbonyl (C=O) groups is 2. The van der Waals surface area contributed by atoms with Crippen LogP contribution in [0.4, 0.5) is 22.1 Å². The van der Waals surface area contributed by atoms with Gasteiger partial charge in [0.15, 0.2) is 11.6 Å². The predicted molar refractivity (Wildman–Crippen MR) is 165 cm³/mol. The number of amides is 3. The van der Waals surface area contributed by atoms with E-state index in [0.717, 1.165) is 31.7 Å². The second kappa shape index (κ2) is 14.0. The minimum Gasteiger partial charge on any atom is -0.485 e. The number of carbonyl (C=O) groups excluding carboxylic acids is 2. The molecule has 0 bridgehead atoms. The van der Waals surface area contributed by atoms with Crippen LogP contribution in [0.3, 0.4) is 0 Å². The summed E-state index contributed by atoms with van der Waals surface area (Å²) in [5, 5.41) is 6.68. The van der Waals surface area contributed by atoms with Gasteiger partial charge < -0.3 is 30.1 Å². The molecule has 2 aliphatic heterocycles. The first-order valence-electron chi connectivity index (χ1n) is 13.8. The summed E-state index contributed by atoms with van der Waals surface area (Å²) in [5.74, 6) is 1.77. The van der Waals surface area contributed by atoms with Crippen LogP contribution in [0, 0.1) is 0 Å². The van der Waals surface area contributed by atoms with Crippen molar-refractivity contribution in [1.82, 2.24) is 24.7 Å². The Labute approximate surface area is 255 Å². The van der Waals surface area contributed by atoms with E-state index in [1.54, 1.807) is 35.5 Å². The molecule has 42 heavy (non-hydrogen) atoms. The quantitative estimate of drug-likeness (QED) is 0.394. The fourth-order valence-corrected chi connectivity index (χ4v) is 5.39. The molecule has 2 fully saturated rings. The number of nitrogens with zero attached hydrogens (tertiary/aromatic N) is 6. The first-order chi connectivity index (χ1) is 20.3. The fourth-order valence-electron chi connectivity index (χ4n) is 4.87. The average molecular weight is 614 g/mol. The van der Waals surface area contributed by atoms with E-state index < -0.39 is 0 Å². The number of anilines is 3. The van der Waals surface area contributed by atoms with Crippen LogP contribution in [0.1, 0.15) is 5.56 Å². The van der Waals surface area contributed by atoms with Gasteiger partial charge >= 0.3 is 6.03 Å². The largest absolute Gasteiger partial charge is 0.485 e. The van der Waals surface area contributed by atoms with Gasteiger partial charge in [-0.2, -0.15) is 0 Å². The molecular weight excluding hydrogens is 579 g/mol. The summed E-state index contributed by atoms with van der Waals surface area (Å²) in [6.07, 6.45) is 3.39. The summed E-state index contributed by atoms with van der Waals surface area (Å²) >= 11 is 12.1. The van der Waals surface area contributed by atoms with Gasteiger partial charge in [0, 0.05) is 80.5 Å². The smallest absolute Gasteiger partial charge is 0.321 e. The zero-order chi connectivity index (χ0) is 29.5. The van der Waals surface area contributed by atoms with Gasteiger partial charge in [-0.05, 0) is 55.1 Å². The molecule has 2 N–H and O–H groups in total. The molecule has 0 radical (unpaired) electrons. The van der Waals surface area contributed by atoms with Gasteiger partial charge in [0.1, 0.15) is 12.4 Å². The molecule has 11 nitrogen and oxygen atoms in total. The second-order valence-electron chi connectivity index (χ2n) is 10.4. The number of likely N-dealkylation sites (N-methyl/N-ethyl adjacent to an activating group) is 1. The normalized spacial score (nSPS) is 16.3. The van der Waals surface area contributed by atoms with E-state index in [-0.39, 0.29) is 18.5 Å².